The summed E-state index contributed by atoms with van der Waals surface area (Å²) in [6.45, 7) is 0.721. The highest BCUT2D eigenvalue weighted by Gasteiger charge is 2.38. The molecule has 1 aliphatic rings. The van der Waals surface area contributed by atoms with Crippen LogP contribution in [0.1, 0.15) is 47.0 Å². The quantitative estimate of drug-likeness (QED) is 0.438. The van der Waals surface area contributed by atoms with E-state index in [1.54, 1.807) is 11.7 Å². The van der Waals surface area contributed by atoms with Gasteiger partial charge in [0.2, 0.25) is 0 Å². The van der Waals surface area contributed by atoms with E-state index in [9.17, 15) is 26.3 Å². The van der Waals surface area contributed by atoms with Crippen LogP contribution in [0.25, 0.3) is 0 Å². The number of hydrogen-bond acceptors (Lipinski definition) is 5. The van der Waals surface area contributed by atoms with Crippen molar-refractivity contribution in [2.45, 2.75) is 50.5 Å². The summed E-state index contributed by atoms with van der Waals surface area (Å²) in [5, 5.41) is 11.5. The van der Waals surface area contributed by atoms with Gasteiger partial charge in [-0.05, 0) is 59.1 Å². The summed E-state index contributed by atoms with van der Waals surface area (Å²) in [7, 11) is 1.72. The summed E-state index contributed by atoms with van der Waals surface area (Å²) in [5.41, 5.74) is -1.97. The van der Waals surface area contributed by atoms with Crippen molar-refractivity contribution >= 4 is 0 Å². The zero-order valence-electron chi connectivity index (χ0n) is 18.7. The van der Waals surface area contributed by atoms with Crippen LogP contribution in [0.2, 0.25) is 0 Å². The predicted octanol–water partition coefficient (Wildman–Crippen LogP) is 5.17. The summed E-state index contributed by atoms with van der Waals surface area (Å²) in [5.74, 6) is 0.624. The number of aromatic nitrogens is 4. The largest absolute Gasteiger partial charge is 0.416 e. The molecule has 35 heavy (non-hydrogen) atoms. The minimum absolute atomic E-state index is 0.119. The maximum Gasteiger partial charge on any atom is 0.416 e. The Morgan fingerprint density at radius 3 is 2.20 bits per heavy atom. The van der Waals surface area contributed by atoms with Gasteiger partial charge in [-0.25, -0.2) is 4.68 Å². The maximum absolute atomic E-state index is 13.2. The second kappa shape index (κ2) is 9.94. The van der Waals surface area contributed by atoms with Crippen LogP contribution in [-0.2, 0) is 37.3 Å². The highest BCUT2D eigenvalue weighted by Crippen LogP contribution is 2.38. The first-order valence-electron chi connectivity index (χ1n) is 10.9. The average molecular weight is 499 g/mol. The molecule has 2 heterocycles. The molecule has 1 aliphatic heterocycles. The Labute approximate surface area is 197 Å². The molecule has 0 amide bonds. The van der Waals surface area contributed by atoms with Crippen LogP contribution in [0.15, 0.2) is 48.5 Å². The normalized spacial score (nSPS) is 19.7. The number of rotatable bonds is 6. The first-order chi connectivity index (χ1) is 16.5. The molecule has 3 aromatic rings. The van der Waals surface area contributed by atoms with Gasteiger partial charge in [-0.15, -0.1) is 5.10 Å². The number of alkyl halides is 6. The molecule has 0 aliphatic carbocycles. The van der Waals surface area contributed by atoms with Crippen LogP contribution in [0.5, 0.6) is 0 Å². The number of aryl methyl sites for hydroxylation is 1. The first-order valence-corrected chi connectivity index (χ1v) is 10.9. The van der Waals surface area contributed by atoms with Crippen molar-refractivity contribution in [2.24, 2.45) is 7.05 Å². The molecule has 0 bridgehead atoms. The standard InChI is InChI=1S/C23H23F6N5O/c1-33-20(30-31-32-33)13-34-9-5-8-19(21(34)16-6-3-2-4-7-16)35-14-15-10-17(22(24,25)26)12-18(11-15)23(27,28)29/h2-4,6-7,10-12,19,21H,5,8-9,13-14H2,1H3/t19-,21-/m0/s1. The van der Waals surface area contributed by atoms with Crippen molar-refractivity contribution in [2.75, 3.05) is 6.54 Å². The van der Waals surface area contributed by atoms with E-state index in [0.717, 1.165) is 12.0 Å². The van der Waals surface area contributed by atoms with Crippen molar-refractivity contribution in [3.05, 3.63) is 76.6 Å². The Morgan fingerprint density at radius 1 is 0.971 bits per heavy atom. The molecule has 0 radical (unpaired) electrons. The molecule has 188 valence electrons. The van der Waals surface area contributed by atoms with Gasteiger partial charge in [0.05, 0.1) is 36.4 Å². The third-order valence-corrected chi connectivity index (χ3v) is 5.98. The molecule has 0 N–H and O–H groups in total. The monoisotopic (exact) mass is 499 g/mol. The molecule has 0 spiro atoms. The molecule has 2 aromatic carbocycles. The molecule has 0 saturated carbocycles. The SMILES string of the molecule is Cn1nnnc1CN1CCC[C@H](OCc2cc(C(F)(F)F)cc(C(F)(F)F)c2)[C@@H]1c1ccccc1. The Morgan fingerprint density at radius 2 is 1.63 bits per heavy atom. The van der Waals surface area contributed by atoms with Crippen LogP contribution in [0, 0.1) is 0 Å². The third-order valence-electron chi connectivity index (χ3n) is 5.98. The highest BCUT2D eigenvalue weighted by molar-refractivity contribution is 5.33. The van der Waals surface area contributed by atoms with Crippen LogP contribution in [-0.4, -0.2) is 37.8 Å². The van der Waals surface area contributed by atoms with Crippen LogP contribution < -0.4 is 0 Å². The highest BCUT2D eigenvalue weighted by atomic mass is 19.4. The molecule has 0 unspecified atom stereocenters. The zero-order chi connectivity index (χ0) is 25.2. The lowest BCUT2D eigenvalue weighted by Gasteiger charge is -2.41. The van der Waals surface area contributed by atoms with Crippen molar-refractivity contribution in [1.82, 2.24) is 25.1 Å². The Balaban J connectivity index is 1.60. The minimum atomic E-state index is -4.91. The summed E-state index contributed by atoms with van der Waals surface area (Å²) in [6, 6.07) is 10.7. The van der Waals surface area contributed by atoms with E-state index >= 15 is 0 Å². The van der Waals surface area contributed by atoms with Gasteiger partial charge in [0, 0.05) is 7.05 Å². The lowest BCUT2D eigenvalue weighted by molar-refractivity contribution is -0.143. The summed E-state index contributed by atoms with van der Waals surface area (Å²) < 4.78 is 87.0. The number of benzene rings is 2. The fourth-order valence-corrected chi connectivity index (χ4v) is 4.32. The topological polar surface area (TPSA) is 56.1 Å². The maximum atomic E-state index is 13.2. The van der Waals surface area contributed by atoms with Gasteiger partial charge >= 0.3 is 12.4 Å². The molecule has 2 atom stereocenters. The van der Waals surface area contributed by atoms with Gasteiger partial charge in [-0.2, -0.15) is 26.3 Å². The second-order valence-electron chi connectivity index (χ2n) is 8.45. The third kappa shape index (κ3) is 5.99. The number of piperidine rings is 1. The van der Waals surface area contributed by atoms with E-state index in [1.165, 1.54) is 0 Å². The van der Waals surface area contributed by atoms with Crippen LogP contribution in [0.4, 0.5) is 26.3 Å². The molecular weight excluding hydrogens is 476 g/mol. The minimum Gasteiger partial charge on any atom is -0.372 e. The lowest BCUT2D eigenvalue weighted by Crippen LogP contribution is -2.43. The Bertz CT molecular complexity index is 1100. The number of halogens is 6. The van der Waals surface area contributed by atoms with E-state index in [4.69, 9.17) is 4.74 Å². The van der Waals surface area contributed by atoms with Gasteiger partial charge < -0.3 is 4.74 Å². The fourth-order valence-electron chi connectivity index (χ4n) is 4.32. The zero-order valence-corrected chi connectivity index (χ0v) is 18.7. The van der Waals surface area contributed by atoms with Crippen molar-refractivity contribution in [3.63, 3.8) is 0 Å². The van der Waals surface area contributed by atoms with Crippen molar-refractivity contribution < 1.29 is 31.1 Å². The fraction of sp³-hybridized carbons (Fsp3) is 0.435. The number of hydrogen-bond donors (Lipinski definition) is 0. The Kier molecular flexibility index (Phi) is 7.13. The molecular formula is C23H23F6N5O. The van der Waals surface area contributed by atoms with E-state index in [0.29, 0.717) is 37.5 Å². The van der Waals surface area contributed by atoms with Crippen molar-refractivity contribution in [1.29, 1.82) is 0 Å². The number of likely N-dealkylation sites (tertiary alicyclic amines) is 1. The van der Waals surface area contributed by atoms with E-state index in [2.05, 4.69) is 20.4 Å². The second-order valence-corrected chi connectivity index (χ2v) is 8.45. The summed E-state index contributed by atoms with van der Waals surface area (Å²) >= 11 is 0. The lowest BCUT2D eigenvalue weighted by atomic mass is 9.92. The average Bonchev–Trinajstić information content (AvgIpc) is 3.21. The molecule has 12 heteroatoms. The number of nitrogens with zero attached hydrogens (tertiary/aromatic N) is 5. The Hall–Kier alpha value is -2.99. The van der Waals surface area contributed by atoms with Gasteiger partial charge in [-0.1, -0.05) is 30.3 Å². The summed E-state index contributed by atoms with van der Waals surface area (Å²) in [6.07, 6.45) is -8.95. The predicted molar refractivity (Wildman–Crippen MR) is 113 cm³/mol. The van der Waals surface area contributed by atoms with E-state index in [-0.39, 0.29) is 24.3 Å². The molecule has 1 fully saturated rings. The van der Waals surface area contributed by atoms with Crippen molar-refractivity contribution in [3.8, 4) is 0 Å². The van der Waals surface area contributed by atoms with Gasteiger partial charge in [0.25, 0.3) is 0 Å². The van der Waals surface area contributed by atoms with E-state index < -0.39 is 29.6 Å². The molecule has 4 rings (SSSR count). The van der Waals surface area contributed by atoms with Gasteiger partial charge in [-0.3, -0.25) is 4.90 Å². The molecule has 1 aromatic heterocycles. The molecule has 6 nitrogen and oxygen atoms in total. The van der Waals surface area contributed by atoms with Gasteiger partial charge in [0.1, 0.15) is 0 Å². The summed E-state index contributed by atoms with van der Waals surface area (Å²) in [4.78, 5) is 2.11. The van der Waals surface area contributed by atoms with Crippen LogP contribution >= 0.6 is 0 Å². The number of ether oxygens (including phenoxy) is 1. The number of tetrazole rings is 1. The van der Waals surface area contributed by atoms with Crippen LogP contribution in [0.3, 0.4) is 0 Å². The first kappa shape index (κ1) is 25.1. The molecule has 1 saturated heterocycles. The smallest absolute Gasteiger partial charge is 0.372 e. The van der Waals surface area contributed by atoms with Gasteiger partial charge in [0.15, 0.2) is 5.82 Å². The van der Waals surface area contributed by atoms with E-state index in [1.807, 2.05) is 30.3 Å².